The second-order valence-electron chi connectivity index (χ2n) is 7.06. The van der Waals surface area contributed by atoms with Gasteiger partial charge in [-0.1, -0.05) is 20.8 Å². The van der Waals surface area contributed by atoms with Gasteiger partial charge in [0.1, 0.15) is 0 Å². The van der Waals surface area contributed by atoms with Crippen LogP contribution in [0.15, 0.2) is 0 Å². The highest BCUT2D eigenvalue weighted by atomic mass is 32.2. The van der Waals surface area contributed by atoms with Crippen LogP contribution in [-0.4, -0.2) is 30.8 Å². The normalized spacial score (nSPS) is 27.2. The van der Waals surface area contributed by atoms with Gasteiger partial charge in [0.25, 0.3) is 10.1 Å². The molecule has 0 radical (unpaired) electrons. The molecule has 1 unspecified atom stereocenters. The number of hydrogen-bond donors (Lipinski definition) is 2. The second-order valence-corrected chi connectivity index (χ2v) is 8.63. The molecule has 0 aromatic carbocycles. The number of nitrogens with one attached hydrogen (secondary N) is 1. The molecule has 0 saturated heterocycles. The van der Waals surface area contributed by atoms with E-state index in [0.29, 0.717) is 17.9 Å². The minimum absolute atomic E-state index is 0.137. The molecule has 0 amide bonds. The Balaban J connectivity index is 2.29. The van der Waals surface area contributed by atoms with E-state index in [2.05, 4.69) is 26.1 Å². The zero-order chi connectivity index (χ0) is 14.7. The molecule has 2 N–H and O–H groups in total. The van der Waals surface area contributed by atoms with E-state index < -0.39 is 10.1 Å². The van der Waals surface area contributed by atoms with Crippen molar-refractivity contribution in [1.82, 2.24) is 5.32 Å². The first-order chi connectivity index (χ1) is 8.58. The lowest BCUT2D eigenvalue weighted by Gasteiger charge is -2.38. The fourth-order valence-corrected chi connectivity index (χ4v) is 3.59. The molecule has 0 spiro atoms. The van der Waals surface area contributed by atoms with E-state index in [-0.39, 0.29) is 11.8 Å². The maximum atomic E-state index is 10.7. The van der Waals surface area contributed by atoms with Gasteiger partial charge < -0.3 is 5.32 Å². The molecule has 1 aliphatic carbocycles. The van der Waals surface area contributed by atoms with E-state index >= 15 is 0 Å². The minimum atomic E-state index is -3.83. The summed E-state index contributed by atoms with van der Waals surface area (Å²) >= 11 is 0. The van der Waals surface area contributed by atoms with Gasteiger partial charge in [-0.05, 0) is 50.4 Å². The Bertz CT molecular complexity index is 365. The molecule has 1 atom stereocenters. The van der Waals surface area contributed by atoms with Crippen LogP contribution in [0.1, 0.15) is 59.8 Å². The smallest absolute Gasteiger partial charge is 0.264 e. The van der Waals surface area contributed by atoms with Crippen molar-refractivity contribution in [2.24, 2.45) is 11.3 Å². The summed E-state index contributed by atoms with van der Waals surface area (Å²) in [5.74, 6) is 0.636. The van der Waals surface area contributed by atoms with Crippen LogP contribution in [0.25, 0.3) is 0 Å². The summed E-state index contributed by atoms with van der Waals surface area (Å²) in [4.78, 5) is 0. The lowest BCUT2D eigenvalue weighted by atomic mass is 9.71. The summed E-state index contributed by atoms with van der Waals surface area (Å²) in [5.41, 5.74) is 0.390. The molecule has 1 rings (SSSR count). The van der Waals surface area contributed by atoms with Crippen LogP contribution in [0.5, 0.6) is 0 Å². The Kier molecular flexibility index (Phi) is 5.83. The highest BCUT2D eigenvalue weighted by Gasteiger charge is 2.29. The second kappa shape index (κ2) is 6.55. The van der Waals surface area contributed by atoms with Crippen LogP contribution in [0, 0.1) is 11.3 Å². The van der Waals surface area contributed by atoms with Crippen LogP contribution in [0.2, 0.25) is 0 Å². The molecule has 4 nitrogen and oxygen atoms in total. The zero-order valence-electron chi connectivity index (χ0n) is 12.6. The summed E-state index contributed by atoms with van der Waals surface area (Å²) < 4.78 is 30.2. The number of hydrogen-bond acceptors (Lipinski definition) is 3. The largest absolute Gasteiger partial charge is 0.311 e. The first-order valence-electron chi connectivity index (χ1n) is 7.29. The first-order valence-corrected chi connectivity index (χ1v) is 8.90. The minimum Gasteiger partial charge on any atom is -0.311 e. The van der Waals surface area contributed by atoms with Crippen LogP contribution in [0.4, 0.5) is 0 Å². The third kappa shape index (κ3) is 6.72. The summed E-state index contributed by atoms with van der Waals surface area (Å²) in [6, 6.07) is 0.633. The molecular formula is C14H29NO3S. The average molecular weight is 291 g/mol. The molecule has 0 heterocycles. The van der Waals surface area contributed by atoms with Crippen LogP contribution in [0.3, 0.4) is 0 Å². The Hall–Kier alpha value is -0.130. The SMILES string of the molecule is CC(CCS(=O)(=O)O)NC1CCC(C(C)(C)C)CC1. The fraction of sp³-hybridized carbons (Fsp3) is 1.00. The molecule has 1 fully saturated rings. The number of rotatable bonds is 5. The van der Waals surface area contributed by atoms with Crippen molar-refractivity contribution in [3.63, 3.8) is 0 Å². The molecule has 0 aromatic heterocycles. The quantitative estimate of drug-likeness (QED) is 0.764. The van der Waals surface area contributed by atoms with Gasteiger partial charge in [0.15, 0.2) is 0 Å². The highest BCUT2D eigenvalue weighted by molar-refractivity contribution is 7.85. The third-order valence-electron chi connectivity index (χ3n) is 4.28. The van der Waals surface area contributed by atoms with E-state index in [1.807, 2.05) is 6.92 Å². The molecule has 1 aliphatic rings. The van der Waals surface area contributed by atoms with E-state index in [0.717, 1.165) is 18.8 Å². The standard InChI is InChI=1S/C14H29NO3S/c1-11(9-10-19(16,17)18)15-13-7-5-12(6-8-13)14(2,3)4/h11-13,15H,5-10H2,1-4H3,(H,16,17,18). The van der Waals surface area contributed by atoms with Crippen molar-refractivity contribution < 1.29 is 13.0 Å². The molecule has 0 aliphatic heterocycles. The van der Waals surface area contributed by atoms with E-state index in [1.165, 1.54) is 12.8 Å². The molecule has 5 heteroatoms. The zero-order valence-corrected chi connectivity index (χ0v) is 13.5. The van der Waals surface area contributed by atoms with Gasteiger partial charge in [-0.2, -0.15) is 8.42 Å². The Morgan fingerprint density at radius 3 is 2.16 bits per heavy atom. The summed E-state index contributed by atoms with van der Waals surface area (Å²) in [5, 5.41) is 3.49. The third-order valence-corrected chi connectivity index (χ3v) is 5.03. The van der Waals surface area contributed by atoms with Gasteiger partial charge in [0, 0.05) is 12.1 Å². The van der Waals surface area contributed by atoms with Crippen molar-refractivity contribution in [3.8, 4) is 0 Å². The van der Waals surface area contributed by atoms with Crippen LogP contribution in [-0.2, 0) is 10.1 Å². The maximum Gasteiger partial charge on any atom is 0.264 e. The van der Waals surface area contributed by atoms with Crippen molar-refractivity contribution in [2.45, 2.75) is 71.9 Å². The maximum absolute atomic E-state index is 10.7. The highest BCUT2D eigenvalue weighted by Crippen LogP contribution is 2.37. The molecule has 19 heavy (non-hydrogen) atoms. The van der Waals surface area contributed by atoms with E-state index in [9.17, 15) is 8.42 Å². The molecule has 0 bridgehead atoms. The summed E-state index contributed by atoms with van der Waals surface area (Å²) in [6.07, 6.45) is 5.28. The predicted molar refractivity (Wildman–Crippen MR) is 78.8 cm³/mol. The Labute approximate surface area is 118 Å². The lowest BCUT2D eigenvalue weighted by molar-refractivity contribution is 0.156. The van der Waals surface area contributed by atoms with E-state index in [4.69, 9.17) is 4.55 Å². The van der Waals surface area contributed by atoms with Crippen molar-refractivity contribution in [1.29, 1.82) is 0 Å². The van der Waals surface area contributed by atoms with Gasteiger partial charge in [-0.3, -0.25) is 4.55 Å². The van der Waals surface area contributed by atoms with Crippen molar-refractivity contribution in [3.05, 3.63) is 0 Å². The summed E-state index contributed by atoms with van der Waals surface area (Å²) in [6.45, 7) is 8.90. The van der Waals surface area contributed by atoms with Gasteiger partial charge in [0.2, 0.25) is 0 Å². The molecular weight excluding hydrogens is 262 g/mol. The van der Waals surface area contributed by atoms with Gasteiger partial charge in [-0.15, -0.1) is 0 Å². The van der Waals surface area contributed by atoms with Gasteiger partial charge in [-0.25, -0.2) is 0 Å². The fourth-order valence-electron chi connectivity index (χ4n) is 2.94. The van der Waals surface area contributed by atoms with Gasteiger partial charge in [0.05, 0.1) is 5.75 Å². The molecule has 1 saturated carbocycles. The van der Waals surface area contributed by atoms with Gasteiger partial charge >= 0.3 is 0 Å². The first kappa shape index (κ1) is 16.9. The lowest BCUT2D eigenvalue weighted by Crippen LogP contribution is -2.41. The Morgan fingerprint density at radius 2 is 1.74 bits per heavy atom. The molecule has 0 aromatic rings. The van der Waals surface area contributed by atoms with Crippen molar-refractivity contribution >= 4 is 10.1 Å². The summed E-state index contributed by atoms with van der Waals surface area (Å²) in [7, 11) is -3.83. The average Bonchev–Trinajstić information content (AvgIpc) is 2.25. The van der Waals surface area contributed by atoms with E-state index in [1.54, 1.807) is 0 Å². The molecule has 114 valence electrons. The Morgan fingerprint density at radius 1 is 1.21 bits per heavy atom. The van der Waals surface area contributed by atoms with Crippen LogP contribution >= 0.6 is 0 Å². The van der Waals surface area contributed by atoms with Crippen LogP contribution < -0.4 is 5.32 Å². The predicted octanol–water partition coefficient (Wildman–Crippen LogP) is 2.85. The topological polar surface area (TPSA) is 66.4 Å². The monoisotopic (exact) mass is 291 g/mol. The van der Waals surface area contributed by atoms with Crippen molar-refractivity contribution in [2.75, 3.05) is 5.75 Å².